The molecule has 0 spiro atoms. The standard InChI is InChI=1S/C22H27N3O3/c1-16-11-13-25(14-12-16)20-9-7-19(8-10-20)24-21(26)15-23-18-5-3-17(4-6-18)22(27)28-2/h3-10,16,23H,11-15H2,1-2H3,(H,24,26). The maximum atomic E-state index is 12.2. The zero-order valence-corrected chi connectivity index (χ0v) is 16.4. The summed E-state index contributed by atoms with van der Waals surface area (Å²) in [6.07, 6.45) is 2.45. The van der Waals surface area contributed by atoms with Crippen molar-refractivity contribution in [2.75, 3.05) is 42.3 Å². The van der Waals surface area contributed by atoms with E-state index in [1.165, 1.54) is 25.6 Å². The maximum absolute atomic E-state index is 12.2. The maximum Gasteiger partial charge on any atom is 0.337 e. The summed E-state index contributed by atoms with van der Waals surface area (Å²) < 4.78 is 4.67. The minimum absolute atomic E-state index is 0.128. The largest absolute Gasteiger partial charge is 0.465 e. The van der Waals surface area contributed by atoms with Crippen LogP contribution in [-0.2, 0) is 9.53 Å². The second kappa shape index (κ2) is 9.26. The fourth-order valence-corrected chi connectivity index (χ4v) is 3.25. The Balaban J connectivity index is 1.47. The van der Waals surface area contributed by atoms with Gasteiger partial charge in [0.1, 0.15) is 0 Å². The summed E-state index contributed by atoms with van der Waals surface area (Å²) >= 11 is 0. The van der Waals surface area contributed by atoms with Crippen LogP contribution in [-0.4, -0.2) is 38.6 Å². The highest BCUT2D eigenvalue weighted by Crippen LogP contribution is 2.24. The molecule has 0 aromatic heterocycles. The summed E-state index contributed by atoms with van der Waals surface area (Å²) in [5, 5.41) is 5.94. The predicted molar refractivity (Wildman–Crippen MR) is 112 cm³/mol. The lowest BCUT2D eigenvalue weighted by molar-refractivity contribution is -0.114. The van der Waals surface area contributed by atoms with Gasteiger partial charge in [-0.1, -0.05) is 6.92 Å². The lowest BCUT2D eigenvalue weighted by Gasteiger charge is -2.32. The van der Waals surface area contributed by atoms with E-state index in [-0.39, 0.29) is 18.4 Å². The molecule has 2 N–H and O–H groups in total. The molecule has 1 saturated heterocycles. The van der Waals surface area contributed by atoms with Crippen molar-refractivity contribution in [3.63, 3.8) is 0 Å². The number of esters is 1. The van der Waals surface area contributed by atoms with E-state index in [4.69, 9.17) is 0 Å². The Morgan fingerprint density at radius 2 is 1.61 bits per heavy atom. The van der Waals surface area contributed by atoms with Gasteiger partial charge in [-0.15, -0.1) is 0 Å². The minimum atomic E-state index is -0.383. The second-order valence-corrected chi connectivity index (χ2v) is 7.19. The third-order valence-corrected chi connectivity index (χ3v) is 5.06. The molecule has 2 aromatic rings. The SMILES string of the molecule is COC(=O)c1ccc(NCC(=O)Nc2ccc(N3CCC(C)CC3)cc2)cc1. The Kier molecular flexibility index (Phi) is 6.53. The van der Waals surface area contributed by atoms with E-state index in [1.54, 1.807) is 24.3 Å². The van der Waals surface area contributed by atoms with E-state index in [2.05, 4.69) is 39.3 Å². The van der Waals surface area contributed by atoms with Crippen molar-refractivity contribution in [2.45, 2.75) is 19.8 Å². The zero-order valence-electron chi connectivity index (χ0n) is 16.4. The molecule has 0 aliphatic carbocycles. The summed E-state index contributed by atoms with van der Waals surface area (Å²) in [5.41, 5.74) is 3.22. The van der Waals surface area contributed by atoms with Crippen LogP contribution < -0.4 is 15.5 Å². The number of nitrogens with zero attached hydrogens (tertiary/aromatic N) is 1. The molecule has 0 saturated carbocycles. The first kappa shape index (κ1) is 19.7. The van der Waals surface area contributed by atoms with Crippen molar-refractivity contribution in [3.8, 4) is 0 Å². The molecule has 1 aliphatic heterocycles. The molecule has 1 fully saturated rings. The molecule has 2 aromatic carbocycles. The Labute approximate surface area is 165 Å². The van der Waals surface area contributed by atoms with E-state index in [1.807, 2.05) is 12.1 Å². The van der Waals surface area contributed by atoms with E-state index < -0.39 is 0 Å². The van der Waals surface area contributed by atoms with Crippen molar-refractivity contribution >= 4 is 28.9 Å². The van der Waals surface area contributed by atoms with Gasteiger partial charge in [0.25, 0.3) is 0 Å². The molecule has 0 atom stereocenters. The van der Waals surface area contributed by atoms with Gasteiger partial charge < -0.3 is 20.3 Å². The smallest absolute Gasteiger partial charge is 0.337 e. The average Bonchev–Trinajstić information content (AvgIpc) is 2.73. The summed E-state index contributed by atoms with van der Waals surface area (Å²) in [5.74, 6) is 0.294. The van der Waals surface area contributed by atoms with Gasteiger partial charge in [0.05, 0.1) is 19.2 Å². The molecule has 0 unspecified atom stereocenters. The Morgan fingerprint density at radius 3 is 2.21 bits per heavy atom. The molecule has 1 heterocycles. The molecule has 3 rings (SSSR count). The summed E-state index contributed by atoms with van der Waals surface area (Å²) in [7, 11) is 1.35. The van der Waals surface area contributed by atoms with Crippen LogP contribution in [0.1, 0.15) is 30.1 Å². The lowest BCUT2D eigenvalue weighted by Crippen LogP contribution is -2.32. The van der Waals surface area contributed by atoms with Gasteiger partial charge in [0.2, 0.25) is 5.91 Å². The summed E-state index contributed by atoms with van der Waals surface area (Å²) in [4.78, 5) is 26.0. The van der Waals surface area contributed by atoms with Crippen molar-refractivity contribution < 1.29 is 14.3 Å². The lowest BCUT2D eigenvalue weighted by atomic mass is 9.99. The number of hydrogen-bond acceptors (Lipinski definition) is 5. The quantitative estimate of drug-likeness (QED) is 0.746. The van der Waals surface area contributed by atoms with Crippen LogP contribution >= 0.6 is 0 Å². The van der Waals surface area contributed by atoms with Crippen molar-refractivity contribution in [1.29, 1.82) is 0 Å². The first-order valence-electron chi connectivity index (χ1n) is 9.62. The number of anilines is 3. The van der Waals surface area contributed by atoms with Crippen LogP contribution in [0.3, 0.4) is 0 Å². The molecular weight excluding hydrogens is 354 g/mol. The van der Waals surface area contributed by atoms with Crippen molar-refractivity contribution in [3.05, 3.63) is 54.1 Å². The number of hydrogen-bond donors (Lipinski definition) is 2. The molecular formula is C22H27N3O3. The highest BCUT2D eigenvalue weighted by Gasteiger charge is 2.16. The van der Waals surface area contributed by atoms with E-state index in [0.717, 1.165) is 30.4 Å². The van der Waals surface area contributed by atoms with Crippen LogP contribution in [0.15, 0.2) is 48.5 Å². The van der Waals surface area contributed by atoms with Crippen LogP contribution in [0.2, 0.25) is 0 Å². The number of amides is 1. The molecule has 0 radical (unpaired) electrons. The number of rotatable bonds is 6. The molecule has 6 nitrogen and oxygen atoms in total. The van der Waals surface area contributed by atoms with Gasteiger partial charge >= 0.3 is 5.97 Å². The fraction of sp³-hybridized carbons (Fsp3) is 0.364. The molecule has 148 valence electrons. The van der Waals surface area contributed by atoms with Gasteiger partial charge in [0, 0.05) is 30.2 Å². The van der Waals surface area contributed by atoms with Crippen molar-refractivity contribution in [2.24, 2.45) is 5.92 Å². The highest BCUT2D eigenvalue weighted by atomic mass is 16.5. The number of methoxy groups -OCH3 is 1. The fourth-order valence-electron chi connectivity index (χ4n) is 3.25. The van der Waals surface area contributed by atoms with Crippen LogP contribution in [0.4, 0.5) is 17.1 Å². The Morgan fingerprint density at radius 1 is 1.00 bits per heavy atom. The first-order valence-corrected chi connectivity index (χ1v) is 9.62. The third kappa shape index (κ3) is 5.25. The highest BCUT2D eigenvalue weighted by molar-refractivity contribution is 5.94. The Hall–Kier alpha value is -3.02. The van der Waals surface area contributed by atoms with E-state index in [9.17, 15) is 9.59 Å². The zero-order chi connectivity index (χ0) is 19.9. The molecule has 28 heavy (non-hydrogen) atoms. The summed E-state index contributed by atoms with van der Waals surface area (Å²) in [6, 6.07) is 14.8. The topological polar surface area (TPSA) is 70.7 Å². The molecule has 0 bridgehead atoms. The number of piperidine rings is 1. The predicted octanol–water partition coefficient (Wildman–Crippen LogP) is 3.76. The number of nitrogens with one attached hydrogen (secondary N) is 2. The van der Waals surface area contributed by atoms with E-state index >= 15 is 0 Å². The van der Waals surface area contributed by atoms with Gasteiger partial charge in [-0.05, 0) is 67.3 Å². The van der Waals surface area contributed by atoms with Gasteiger partial charge in [-0.3, -0.25) is 4.79 Å². The van der Waals surface area contributed by atoms with Crippen LogP contribution in [0, 0.1) is 5.92 Å². The van der Waals surface area contributed by atoms with Crippen LogP contribution in [0.5, 0.6) is 0 Å². The monoisotopic (exact) mass is 381 g/mol. The minimum Gasteiger partial charge on any atom is -0.465 e. The van der Waals surface area contributed by atoms with Gasteiger partial charge in [-0.25, -0.2) is 4.79 Å². The number of ether oxygens (including phenoxy) is 1. The number of carbonyl (C=O) groups excluding carboxylic acids is 2. The first-order chi connectivity index (χ1) is 13.5. The van der Waals surface area contributed by atoms with Crippen molar-refractivity contribution in [1.82, 2.24) is 0 Å². The number of carbonyl (C=O) groups is 2. The number of benzene rings is 2. The third-order valence-electron chi connectivity index (χ3n) is 5.06. The molecule has 1 amide bonds. The van der Waals surface area contributed by atoms with Crippen LogP contribution in [0.25, 0.3) is 0 Å². The second-order valence-electron chi connectivity index (χ2n) is 7.19. The average molecular weight is 381 g/mol. The Bertz CT molecular complexity index is 795. The molecule has 1 aliphatic rings. The van der Waals surface area contributed by atoms with Gasteiger partial charge in [-0.2, -0.15) is 0 Å². The summed E-state index contributed by atoms with van der Waals surface area (Å²) in [6.45, 7) is 4.62. The van der Waals surface area contributed by atoms with E-state index in [0.29, 0.717) is 5.56 Å². The normalized spacial score (nSPS) is 14.4. The molecule has 6 heteroatoms. The van der Waals surface area contributed by atoms with Gasteiger partial charge in [0.15, 0.2) is 0 Å².